The summed E-state index contributed by atoms with van der Waals surface area (Å²) in [5, 5.41) is 0. The summed E-state index contributed by atoms with van der Waals surface area (Å²) in [6.45, 7) is 2.54. The molecule has 9 heavy (non-hydrogen) atoms. The Morgan fingerprint density at radius 3 is 3.11 bits per heavy atom. The zero-order valence-electron chi connectivity index (χ0n) is 5.31. The van der Waals surface area contributed by atoms with Crippen molar-refractivity contribution in [2.45, 2.75) is 13.5 Å². The highest BCUT2D eigenvalue weighted by Crippen LogP contribution is 1.92. The molecule has 0 atom stereocenters. The van der Waals surface area contributed by atoms with Crippen LogP contribution >= 0.6 is 0 Å². The van der Waals surface area contributed by atoms with E-state index in [1.54, 1.807) is 6.20 Å². The molecule has 0 bridgehead atoms. The first-order valence-corrected chi connectivity index (χ1v) is 2.77. The topological polar surface area (TPSA) is 66.7 Å². The molecule has 0 aliphatic carbocycles. The van der Waals surface area contributed by atoms with Crippen molar-refractivity contribution in [3.05, 3.63) is 17.7 Å². The Balaban J connectivity index is 2.61. The van der Waals surface area contributed by atoms with Gasteiger partial charge in [-0.25, -0.2) is 4.98 Å². The third kappa shape index (κ3) is 1.51. The van der Waals surface area contributed by atoms with Crippen LogP contribution in [0, 0.1) is 6.92 Å². The number of hydrogen-bond acceptors (Lipinski definition) is 3. The molecule has 4 heteroatoms. The average molecular weight is 126 g/mol. The Bertz CT molecular complexity index is 181. The van der Waals surface area contributed by atoms with E-state index in [2.05, 4.69) is 15.4 Å². The molecule has 1 aromatic heterocycles. The van der Waals surface area contributed by atoms with Gasteiger partial charge in [-0.3, -0.25) is 11.3 Å². The highest BCUT2D eigenvalue weighted by atomic mass is 15.2. The first kappa shape index (κ1) is 6.25. The molecule has 1 aromatic rings. The summed E-state index contributed by atoms with van der Waals surface area (Å²) in [4.78, 5) is 7.03. The van der Waals surface area contributed by atoms with Gasteiger partial charge in [0.2, 0.25) is 0 Å². The molecule has 0 saturated heterocycles. The molecule has 1 heterocycles. The van der Waals surface area contributed by atoms with E-state index in [0.29, 0.717) is 6.54 Å². The summed E-state index contributed by atoms with van der Waals surface area (Å²) in [6.07, 6.45) is 1.77. The predicted molar refractivity (Wildman–Crippen MR) is 34.4 cm³/mol. The van der Waals surface area contributed by atoms with Gasteiger partial charge in [0.1, 0.15) is 5.82 Å². The monoisotopic (exact) mass is 126 g/mol. The van der Waals surface area contributed by atoms with E-state index >= 15 is 0 Å². The number of hydrogen-bond donors (Lipinski definition) is 3. The number of nitrogens with zero attached hydrogens (tertiary/aromatic N) is 1. The number of imidazole rings is 1. The minimum Gasteiger partial charge on any atom is -0.345 e. The maximum absolute atomic E-state index is 5.06. The Kier molecular flexibility index (Phi) is 1.81. The Morgan fingerprint density at radius 1 is 1.89 bits per heavy atom. The summed E-state index contributed by atoms with van der Waals surface area (Å²) in [5.74, 6) is 5.93. The second-order valence-corrected chi connectivity index (χ2v) is 1.89. The molecule has 4 nitrogen and oxygen atoms in total. The average Bonchev–Trinajstić information content (AvgIpc) is 2.17. The molecular formula is C5H10N4. The third-order valence-electron chi connectivity index (χ3n) is 1.03. The minimum atomic E-state index is 0.591. The zero-order chi connectivity index (χ0) is 6.69. The fourth-order valence-corrected chi connectivity index (χ4v) is 0.653. The van der Waals surface area contributed by atoms with E-state index in [1.807, 2.05) is 6.92 Å². The molecule has 0 unspecified atom stereocenters. The normalized spacial score (nSPS) is 10.0. The van der Waals surface area contributed by atoms with Gasteiger partial charge in [0.15, 0.2) is 0 Å². The molecule has 0 aliphatic rings. The largest absolute Gasteiger partial charge is 0.345 e. The van der Waals surface area contributed by atoms with E-state index in [0.717, 1.165) is 11.5 Å². The second kappa shape index (κ2) is 2.61. The van der Waals surface area contributed by atoms with Crippen LogP contribution in [0.25, 0.3) is 0 Å². The van der Waals surface area contributed by atoms with Gasteiger partial charge in [-0.2, -0.15) is 0 Å². The van der Waals surface area contributed by atoms with Crippen molar-refractivity contribution >= 4 is 0 Å². The molecule has 4 N–H and O–H groups in total. The van der Waals surface area contributed by atoms with E-state index in [1.165, 1.54) is 0 Å². The van der Waals surface area contributed by atoms with Crippen molar-refractivity contribution < 1.29 is 0 Å². The molecule has 0 aliphatic heterocycles. The van der Waals surface area contributed by atoms with Crippen LogP contribution in [0.1, 0.15) is 11.5 Å². The number of rotatable bonds is 2. The first-order valence-electron chi connectivity index (χ1n) is 2.77. The van der Waals surface area contributed by atoms with Crippen molar-refractivity contribution in [1.29, 1.82) is 0 Å². The predicted octanol–water partition coefficient (Wildman–Crippen LogP) is -0.319. The van der Waals surface area contributed by atoms with E-state index < -0.39 is 0 Å². The van der Waals surface area contributed by atoms with Gasteiger partial charge in [-0.15, -0.1) is 0 Å². The molecule has 0 aromatic carbocycles. The van der Waals surface area contributed by atoms with Crippen LogP contribution in [-0.2, 0) is 6.54 Å². The molecule has 0 fully saturated rings. The molecule has 0 spiro atoms. The van der Waals surface area contributed by atoms with Crippen LogP contribution in [0.15, 0.2) is 6.20 Å². The molecule has 50 valence electrons. The van der Waals surface area contributed by atoms with E-state index in [4.69, 9.17) is 5.84 Å². The van der Waals surface area contributed by atoms with Gasteiger partial charge in [0.25, 0.3) is 0 Å². The van der Waals surface area contributed by atoms with Gasteiger partial charge in [-0.05, 0) is 6.92 Å². The summed E-state index contributed by atoms with van der Waals surface area (Å²) in [7, 11) is 0. The van der Waals surface area contributed by atoms with Crippen molar-refractivity contribution in [1.82, 2.24) is 15.4 Å². The zero-order valence-corrected chi connectivity index (χ0v) is 5.31. The van der Waals surface area contributed by atoms with Crippen molar-refractivity contribution in [3.63, 3.8) is 0 Å². The number of H-pyrrole nitrogens is 1. The quantitative estimate of drug-likeness (QED) is 0.376. The summed E-state index contributed by atoms with van der Waals surface area (Å²) < 4.78 is 0. The van der Waals surface area contributed by atoms with Crippen molar-refractivity contribution in [3.8, 4) is 0 Å². The molecule has 1 rings (SSSR count). The van der Waals surface area contributed by atoms with Crippen LogP contribution in [-0.4, -0.2) is 9.97 Å². The van der Waals surface area contributed by atoms with Crippen LogP contribution in [0.5, 0.6) is 0 Å². The van der Waals surface area contributed by atoms with E-state index in [-0.39, 0.29) is 0 Å². The smallest absolute Gasteiger partial charge is 0.121 e. The summed E-state index contributed by atoms with van der Waals surface area (Å²) in [5.41, 5.74) is 3.56. The van der Waals surface area contributed by atoms with E-state index in [9.17, 15) is 0 Å². The van der Waals surface area contributed by atoms with Gasteiger partial charge in [0.05, 0.1) is 6.54 Å². The van der Waals surface area contributed by atoms with Crippen molar-refractivity contribution in [2.75, 3.05) is 0 Å². The highest BCUT2D eigenvalue weighted by molar-refractivity contribution is 4.97. The lowest BCUT2D eigenvalue weighted by atomic mass is 10.6. The van der Waals surface area contributed by atoms with Crippen molar-refractivity contribution in [2.24, 2.45) is 5.84 Å². The maximum Gasteiger partial charge on any atom is 0.121 e. The Labute approximate surface area is 53.4 Å². The molecule has 0 saturated carbocycles. The maximum atomic E-state index is 5.06. The summed E-state index contributed by atoms with van der Waals surface area (Å²) in [6, 6.07) is 0. The standard InChI is InChI=1S/C5H10N4/c1-4-2-7-5(9-4)3-8-6/h2,8H,3,6H2,1H3,(H,7,9). The minimum absolute atomic E-state index is 0.591. The number of nitrogens with two attached hydrogens (primary N) is 1. The molecular weight excluding hydrogens is 116 g/mol. The molecule has 0 amide bonds. The SMILES string of the molecule is Cc1cnc(CNN)[nH]1. The van der Waals surface area contributed by atoms with Crippen LogP contribution in [0.2, 0.25) is 0 Å². The first-order chi connectivity index (χ1) is 4.33. The lowest BCUT2D eigenvalue weighted by molar-refractivity contribution is 0.708. The van der Waals surface area contributed by atoms with Gasteiger partial charge in [-0.1, -0.05) is 0 Å². The van der Waals surface area contributed by atoms with Crippen LogP contribution in [0.3, 0.4) is 0 Å². The van der Waals surface area contributed by atoms with Gasteiger partial charge < -0.3 is 4.98 Å². The van der Waals surface area contributed by atoms with Gasteiger partial charge >= 0.3 is 0 Å². The van der Waals surface area contributed by atoms with Crippen LogP contribution < -0.4 is 11.3 Å². The second-order valence-electron chi connectivity index (χ2n) is 1.89. The van der Waals surface area contributed by atoms with Gasteiger partial charge in [0, 0.05) is 11.9 Å². The number of nitrogens with one attached hydrogen (secondary N) is 2. The molecule has 0 radical (unpaired) electrons. The number of aromatic nitrogens is 2. The fraction of sp³-hybridized carbons (Fsp3) is 0.400. The lowest BCUT2D eigenvalue weighted by Crippen LogP contribution is -2.21. The Morgan fingerprint density at radius 2 is 2.67 bits per heavy atom. The summed E-state index contributed by atoms with van der Waals surface area (Å²) >= 11 is 0. The lowest BCUT2D eigenvalue weighted by Gasteiger charge is -1.90. The third-order valence-corrected chi connectivity index (χ3v) is 1.03. The van der Waals surface area contributed by atoms with Crippen LogP contribution in [0.4, 0.5) is 0 Å². The highest BCUT2D eigenvalue weighted by Gasteiger charge is 1.92. The number of hydrazine groups is 1. The number of aromatic amines is 1. The fourth-order valence-electron chi connectivity index (χ4n) is 0.653. The Hall–Kier alpha value is -0.870. The number of aryl methyl sites for hydroxylation is 1.